The van der Waals surface area contributed by atoms with Crippen LogP contribution < -0.4 is 4.74 Å². The molecule has 17 heavy (non-hydrogen) atoms. The van der Waals surface area contributed by atoms with Gasteiger partial charge in [-0.2, -0.15) is 0 Å². The third-order valence-corrected chi connectivity index (χ3v) is 2.35. The lowest BCUT2D eigenvalue weighted by Crippen LogP contribution is -2.00. The second-order valence-corrected chi connectivity index (χ2v) is 3.70. The van der Waals surface area contributed by atoms with Gasteiger partial charge in [0.05, 0.1) is 6.10 Å². The first-order valence-electron chi connectivity index (χ1n) is 5.42. The van der Waals surface area contributed by atoms with E-state index in [9.17, 15) is 5.11 Å². The van der Waals surface area contributed by atoms with E-state index in [1.807, 2.05) is 24.3 Å². The summed E-state index contributed by atoms with van der Waals surface area (Å²) in [6.45, 7) is 2.07. The quantitative estimate of drug-likeness (QED) is 0.874. The van der Waals surface area contributed by atoms with Crippen molar-refractivity contribution in [1.29, 1.82) is 0 Å². The van der Waals surface area contributed by atoms with E-state index >= 15 is 0 Å². The molecule has 1 aromatic heterocycles. The molecule has 0 aliphatic heterocycles. The SMILES string of the molecule is CC(O)c1ccc(OCc2ncccn2)cc1. The molecular weight excluding hydrogens is 216 g/mol. The van der Waals surface area contributed by atoms with Crippen LogP contribution in [-0.4, -0.2) is 15.1 Å². The molecule has 1 aromatic carbocycles. The highest BCUT2D eigenvalue weighted by atomic mass is 16.5. The Labute approximate surface area is 99.9 Å². The van der Waals surface area contributed by atoms with Crippen molar-refractivity contribution in [3.63, 3.8) is 0 Å². The van der Waals surface area contributed by atoms with E-state index in [2.05, 4.69) is 9.97 Å². The predicted octanol–water partition coefficient (Wildman–Crippen LogP) is 2.11. The molecule has 2 aromatic rings. The van der Waals surface area contributed by atoms with Crippen molar-refractivity contribution in [3.8, 4) is 5.75 Å². The van der Waals surface area contributed by atoms with Gasteiger partial charge in [0.15, 0.2) is 5.82 Å². The van der Waals surface area contributed by atoms with Crippen molar-refractivity contribution in [1.82, 2.24) is 9.97 Å². The van der Waals surface area contributed by atoms with E-state index in [0.29, 0.717) is 12.4 Å². The van der Waals surface area contributed by atoms with Gasteiger partial charge in [-0.1, -0.05) is 12.1 Å². The molecule has 0 aliphatic carbocycles. The maximum Gasteiger partial charge on any atom is 0.166 e. The van der Waals surface area contributed by atoms with Crippen molar-refractivity contribution >= 4 is 0 Å². The Morgan fingerprint density at radius 3 is 2.41 bits per heavy atom. The molecule has 1 atom stereocenters. The van der Waals surface area contributed by atoms with Gasteiger partial charge in [-0.15, -0.1) is 0 Å². The van der Waals surface area contributed by atoms with Crippen LogP contribution in [0.5, 0.6) is 5.75 Å². The maximum absolute atomic E-state index is 9.36. The number of benzene rings is 1. The van der Waals surface area contributed by atoms with Crippen LogP contribution in [0.2, 0.25) is 0 Å². The number of nitrogens with zero attached hydrogens (tertiary/aromatic N) is 2. The average molecular weight is 230 g/mol. The summed E-state index contributed by atoms with van der Waals surface area (Å²) < 4.78 is 5.52. The minimum atomic E-state index is -0.457. The van der Waals surface area contributed by atoms with Gasteiger partial charge in [0.2, 0.25) is 0 Å². The molecule has 1 unspecified atom stereocenters. The molecule has 0 saturated carbocycles. The largest absolute Gasteiger partial charge is 0.486 e. The fourth-order valence-electron chi connectivity index (χ4n) is 1.39. The molecule has 0 aliphatic rings. The maximum atomic E-state index is 9.36. The minimum absolute atomic E-state index is 0.342. The van der Waals surface area contributed by atoms with Crippen LogP contribution in [-0.2, 0) is 6.61 Å². The van der Waals surface area contributed by atoms with Crippen LogP contribution in [0.4, 0.5) is 0 Å². The number of ether oxygens (including phenoxy) is 1. The molecule has 0 fully saturated rings. The Balaban J connectivity index is 1.96. The molecular formula is C13H14N2O2. The summed E-state index contributed by atoms with van der Waals surface area (Å²) in [5.41, 5.74) is 0.869. The molecule has 88 valence electrons. The predicted molar refractivity (Wildman–Crippen MR) is 63.4 cm³/mol. The molecule has 1 N–H and O–H groups in total. The summed E-state index contributed by atoms with van der Waals surface area (Å²) in [7, 11) is 0. The van der Waals surface area contributed by atoms with E-state index in [-0.39, 0.29) is 0 Å². The van der Waals surface area contributed by atoms with E-state index in [1.165, 1.54) is 0 Å². The van der Waals surface area contributed by atoms with Gasteiger partial charge in [-0.05, 0) is 30.7 Å². The van der Waals surface area contributed by atoms with Crippen molar-refractivity contribution < 1.29 is 9.84 Å². The summed E-state index contributed by atoms with van der Waals surface area (Å²) >= 11 is 0. The highest BCUT2D eigenvalue weighted by Gasteiger charge is 2.01. The van der Waals surface area contributed by atoms with Gasteiger partial charge in [-0.3, -0.25) is 0 Å². The Morgan fingerprint density at radius 2 is 1.82 bits per heavy atom. The smallest absolute Gasteiger partial charge is 0.166 e. The molecule has 4 nitrogen and oxygen atoms in total. The van der Waals surface area contributed by atoms with Crippen molar-refractivity contribution in [2.75, 3.05) is 0 Å². The number of aliphatic hydroxyl groups is 1. The van der Waals surface area contributed by atoms with Crippen molar-refractivity contribution in [2.24, 2.45) is 0 Å². The van der Waals surface area contributed by atoms with Crippen LogP contribution in [0.3, 0.4) is 0 Å². The third kappa shape index (κ3) is 3.26. The van der Waals surface area contributed by atoms with Crippen molar-refractivity contribution in [3.05, 3.63) is 54.1 Å². The number of aliphatic hydroxyl groups excluding tert-OH is 1. The molecule has 0 bridgehead atoms. The van der Waals surface area contributed by atoms with E-state index in [1.54, 1.807) is 25.4 Å². The Bertz CT molecular complexity index is 455. The zero-order valence-corrected chi connectivity index (χ0v) is 9.58. The van der Waals surface area contributed by atoms with E-state index in [4.69, 9.17) is 4.74 Å². The lowest BCUT2D eigenvalue weighted by atomic mass is 10.1. The molecule has 0 saturated heterocycles. The van der Waals surface area contributed by atoms with Gasteiger partial charge >= 0.3 is 0 Å². The Kier molecular flexibility index (Phi) is 3.67. The summed E-state index contributed by atoms with van der Waals surface area (Å²) in [5.74, 6) is 1.38. The summed E-state index contributed by atoms with van der Waals surface area (Å²) in [6.07, 6.45) is 2.91. The van der Waals surface area contributed by atoms with Gasteiger partial charge in [-0.25, -0.2) is 9.97 Å². The van der Waals surface area contributed by atoms with Crippen LogP contribution in [0.1, 0.15) is 24.4 Å². The normalized spacial score (nSPS) is 12.1. The topological polar surface area (TPSA) is 55.2 Å². The number of aromatic nitrogens is 2. The van der Waals surface area contributed by atoms with Gasteiger partial charge in [0, 0.05) is 12.4 Å². The highest BCUT2D eigenvalue weighted by molar-refractivity contribution is 5.28. The zero-order chi connectivity index (χ0) is 12.1. The first kappa shape index (κ1) is 11.5. The third-order valence-electron chi connectivity index (χ3n) is 2.35. The lowest BCUT2D eigenvalue weighted by molar-refractivity contribution is 0.199. The first-order valence-corrected chi connectivity index (χ1v) is 5.42. The molecule has 0 amide bonds. The fraction of sp³-hybridized carbons (Fsp3) is 0.231. The van der Waals surface area contributed by atoms with Gasteiger partial charge in [0.25, 0.3) is 0 Å². The zero-order valence-electron chi connectivity index (χ0n) is 9.58. The van der Waals surface area contributed by atoms with Gasteiger partial charge < -0.3 is 9.84 Å². The number of hydrogen-bond acceptors (Lipinski definition) is 4. The first-order chi connectivity index (χ1) is 8.25. The second kappa shape index (κ2) is 5.41. The molecule has 0 radical (unpaired) electrons. The Morgan fingerprint density at radius 1 is 1.18 bits per heavy atom. The average Bonchev–Trinajstić information content (AvgIpc) is 2.38. The Hall–Kier alpha value is -1.94. The minimum Gasteiger partial charge on any atom is -0.486 e. The summed E-state index contributed by atoms with van der Waals surface area (Å²) in [6, 6.07) is 9.09. The van der Waals surface area contributed by atoms with Crippen molar-refractivity contribution in [2.45, 2.75) is 19.6 Å². The molecule has 1 heterocycles. The van der Waals surface area contributed by atoms with Crippen LogP contribution >= 0.6 is 0 Å². The van der Waals surface area contributed by atoms with E-state index < -0.39 is 6.10 Å². The van der Waals surface area contributed by atoms with Gasteiger partial charge in [0.1, 0.15) is 12.4 Å². The second-order valence-electron chi connectivity index (χ2n) is 3.70. The molecule has 4 heteroatoms. The highest BCUT2D eigenvalue weighted by Crippen LogP contribution is 2.17. The fourth-order valence-corrected chi connectivity index (χ4v) is 1.39. The monoisotopic (exact) mass is 230 g/mol. The lowest BCUT2D eigenvalue weighted by Gasteiger charge is -2.07. The molecule has 0 spiro atoms. The summed E-state index contributed by atoms with van der Waals surface area (Å²) in [5, 5.41) is 9.36. The van der Waals surface area contributed by atoms with E-state index in [0.717, 1.165) is 11.3 Å². The standard InChI is InChI=1S/C13H14N2O2/c1-10(16)11-3-5-12(6-4-11)17-9-13-14-7-2-8-15-13/h2-8,10,16H,9H2,1H3. The van der Waals surface area contributed by atoms with Crippen LogP contribution in [0, 0.1) is 0 Å². The summed E-state index contributed by atoms with van der Waals surface area (Å²) in [4.78, 5) is 8.13. The number of hydrogen-bond donors (Lipinski definition) is 1. The van der Waals surface area contributed by atoms with Crippen LogP contribution in [0.15, 0.2) is 42.7 Å². The number of rotatable bonds is 4. The van der Waals surface area contributed by atoms with Crippen LogP contribution in [0.25, 0.3) is 0 Å². The molecule has 2 rings (SSSR count).